The Kier molecular flexibility index (Phi) is 6.49. The quantitative estimate of drug-likeness (QED) is 0.551. The second-order valence-electron chi connectivity index (χ2n) is 4.81. The van der Waals surface area contributed by atoms with Crippen LogP contribution >= 0.6 is 12.6 Å². The Labute approximate surface area is 111 Å². The van der Waals surface area contributed by atoms with Gasteiger partial charge in [0.25, 0.3) is 0 Å². The summed E-state index contributed by atoms with van der Waals surface area (Å²) in [6.45, 7) is 7.34. The summed E-state index contributed by atoms with van der Waals surface area (Å²) in [7, 11) is 0. The third kappa shape index (κ3) is 5.03. The average Bonchev–Trinajstić information content (AvgIpc) is 2.30. The number of aryl methyl sites for hydroxylation is 1. The summed E-state index contributed by atoms with van der Waals surface area (Å²) in [5.41, 5.74) is 2.57. The van der Waals surface area contributed by atoms with Crippen LogP contribution in [0.3, 0.4) is 0 Å². The zero-order valence-electron chi connectivity index (χ0n) is 11.2. The molecule has 0 saturated heterocycles. The van der Waals surface area contributed by atoms with Gasteiger partial charge in [-0.25, -0.2) is 0 Å². The van der Waals surface area contributed by atoms with Crippen molar-refractivity contribution in [3.8, 4) is 5.75 Å². The van der Waals surface area contributed by atoms with Gasteiger partial charge in [-0.15, -0.1) is 0 Å². The first-order chi connectivity index (χ1) is 8.15. The summed E-state index contributed by atoms with van der Waals surface area (Å²) in [6, 6.07) is 6.52. The van der Waals surface area contributed by atoms with Crippen LogP contribution in [-0.2, 0) is 0 Å². The Morgan fingerprint density at radius 3 is 2.59 bits per heavy atom. The Balaban J connectivity index is 2.49. The van der Waals surface area contributed by atoms with Crippen LogP contribution in [0.5, 0.6) is 5.75 Å². The van der Waals surface area contributed by atoms with Gasteiger partial charge >= 0.3 is 0 Å². The van der Waals surface area contributed by atoms with E-state index in [0.717, 1.165) is 24.5 Å². The zero-order chi connectivity index (χ0) is 12.7. The highest BCUT2D eigenvalue weighted by Crippen LogP contribution is 2.24. The molecule has 0 bridgehead atoms. The molecule has 1 nitrogen and oxygen atoms in total. The van der Waals surface area contributed by atoms with E-state index in [1.54, 1.807) is 0 Å². The van der Waals surface area contributed by atoms with E-state index in [-0.39, 0.29) is 0 Å². The lowest BCUT2D eigenvalue weighted by atomic mass is 10.0. The molecular weight excluding hydrogens is 228 g/mol. The second kappa shape index (κ2) is 7.65. The van der Waals surface area contributed by atoms with Crippen molar-refractivity contribution in [1.82, 2.24) is 0 Å². The van der Waals surface area contributed by atoms with Crippen LogP contribution in [0.25, 0.3) is 0 Å². The molecule has 0 fully saturated rings. The smallest absolute Gasteiger partial charge is 0.122 e. The van der Waals surface area contributed by atoms with Gasteiger partial charge in [0, 0.05) is 0 Å². The molecule has 1 aromatic carbocycles. The summed E-state index contributed by atoms with van der Waals surface area (Å²) in [4.78, 5) is 0. The Bertz CT molecular complexity index is 334. The van der Waals surface area contributed by atoms with E-state index in [9.17, 15) is 0 Å². The molecule has 1 rings (SSSR count). The van der Waals surface area contributed by atoms with Crippen molar-refractivity contribution >= 4 is 12.6 Å². The van der Waals surface area contributed by atoms with E-state index in [2.05, 4.69) is 51.6 Å². The lowest BCUT2D eigenvalue weighted by molar-refractivity contribution is 0.304. The highest BCUT2D eigenvalue weighted by Gasteiger charge is 2.04. The van der Waals surface area contributed by atoms with Gasteiger partial charge in [-0.2, -0.15) is 12.6 Å². The van der Waals surface area contributed by atoms with Gasteiger partial charge in [0.2, 0.25) is 0 Å². The number of ether oxygens (including phenoxy) is 1. The molecular formula is C15H24OS. The van der Waals surface area contributed by atoms with Gasteiger partial charge in [-0.05, 0) is 55.1 Å². The topological polar surface area (TPSA) is 9.23 Å². The molecule has 1 aromatic rings. The van der Waals surface area contributed by atoms with Gasteiger partial charge in [0.1, 0.15) is 5.75 Å². The van der Waals surface area contributed by atoms with Crippen LogP contribution in [0, 0.1) is 6.92 Å². The molecule has 0 aliphatic rings. The molecule has 0 radical (unpaired) electrons. The van der Waals surface area contributed by atoms with Crippen molar-refractivity contribution in [2.45, 2.75) is 46.0 Å². The van der Waals surface area contributed by atoms with E-state index < -0.39 is 0 Å². The highest BCUT2D eigenvalue weighted by atomic mass is 32.1. The van der Waals surface area contributed by atoms with Crippen molar-refractivity contribution in [2.24, 2.45) is 0 Å². The van der Waals surface area contributed by atoms with E-state index in [4.69, 9.17) is 4.74 Å². The number of unbranched alkanes of at least 4 members (excludes halogenated alkanes) is 2. The fourth-order valence-corrected chi connectivity index (χ4v) is 1.93. The van der Waals surface area contributed by atoms with Gasteiger partial charge in [-0.1, -0.05) is 26.0 Å². The zero-order valence-corrected chi connectivity index (χ0v) is 12.1. The average molecular weight is 252 g/mol. The van der Waals surface area contributed by atoms with Crippen molar-refractivity contribution in [2.75, 3.05) is 12.4 Å². The lowest BCUT2D eigenvalue weighted by Crippen LogP contribution is -2.00. The first-order valence-electron chi connectivity index (χ1n) is 6.49. The van der Waals surface area contributed by atoms with Crippen LogP contribution in [0.1, 0.15) is 50.2 Å². The molecule has 0 spiro atoms. The van der Waals surface area contributed by atoms with Crippen molar-refractivity contribution in [3.63, 3.8) is 0 Å². The van der Waals surface area contributed by atoms with E-state index in [1.165, 1.54) is 24.0 Å². The predicted molar refractivity (Wildman–Crippen MR) is 78.5 cm³/mol. The summed E-state index contributed by atoms with van der Waals surface area (Å²) in [5, 5.41) is 0. The summed E-state index contributed by atoms with van der Waals surface area (Å²) < 4.78 is 5.85. The summed E-state index contributed by atoms with van der Waals surface area (Å²) in [6.07, 6.45) is 3.50. The molecule has 0 aromatic heterocycles. The minimum absolute atomic E-state index is 0.558. The van der Waals surface area contributed by atoms with Crippen LogP contribution in [0.2, 0.25) is 0 Å². The van der Waals surface area contributed by atoms with E-state index >= 15 is 0 Å². The van der Waals surface area contributed by atoms with Crippen LogP contribution in [-0.4, -0.2) is 12.4 Å². The number of thiol groups is 1. The van der Waals surface area contributed by atoms with Crippen molar-refractivity contribution in [3.05, 3.63) is 29.3 Å². The first kappa shape index (κ1) is 14.4. The number of benzene rings is 1. The molecule has 0 saturated carbocycles. The number of hydrogen-bond acceptors (Lipinski definition) is 2. The molecule has 17 heavy (non-hydrogen) atoms. The van der Waals surface area contributed by atoms with Crippen molar-refractivity contribution < 1.29 is 4.74 Å². The summed E-state index contributed by atoms with van der Waals surface area (Å²) in [5.74, 6) is 2.58. The Hall–Kier alpha value is -0.630. The molecule has 0 aliphatic carbocycles. The minimum Gasteiger partial charge on any atom is -0.493 e. The third-order valence-corrected chi connectivity index (χ3v) is 3.26. The van der Waals surface area contributed by atoms with Crippen LogP contribution in [0.4, 0.5) is 0 Å². The fraction of sp³-hybridized carbons (Fsp3) is 0.600. The molecule has 0 heterocycles. The highest BCUT2D eigenvalue weighted by molar-refractivity contribution is 7.80. The largest absolute Gasteiger partial charge is 0.493 e. The standard InChI is InChI=1S/C15H24OS/c1-12(2)14-8-7-13(3)15(11-14)16-9-5-4-6-10-17/h7-8,11-12,17H,4-6,9-10H2,1-3H3. The molecule has 0 atom stereocenters. The SMILES string of the molecule is Cc1ccc(C(C)C)cc1OCCCCCS. The monoisotopic (exact) mass is 252 g/mol. The molecule has 0 aliphatic heterocycles. The van der Waals surface area contributed by atoms with Crippen LogP contribution < -0.4 is 4.74 Å². The first-order valence-corrected chi connectivity index (χ1v) is 7.12. The molecule has 0 N–H and O–H groups in total. The van der Waals surface area contributed by atoms with Gasteiger partial charge < -0.3 is 4.74 Å². The number of hydrogen-bond donors (Lipinski definition) is 1. The summed E-state index contributed by atoms with van der Waals surface area (Å²) >= 11 is 4.20. The predicted octanol–water partition coefficient (Wildman–Crippen LogP) is 4.60. The lowest BCUT2D eigenvalue weighted by Gasteiger charge is -2.12. The van der Waals surface area contributed by atoms with Gasteiger partial charge in [-0.3, -0.25) is 0 Å². The molecule has 0 amide bonds. The molecule has 2 heteroatoms. The van der Waals surface area contributed by atoms with E-state index in [0.29, 0.717) is 5.92 Å². The van der Waals surface area contributed by atoms with E-state index in [1.807, 2.05) is 0 Å². The Morgan fingerprint density at radius 1 is 1.18 bits per heavy atom. The van der Waals surface area contributed by atoms with Gasteiger partial charge in [0.05, 0.1) is 6.61 Å². The maximum absolute atomic E-state index is 5.85. The Morgan fingerprint density at radius 2 is 1.94 bits per heavy atom. The fourth-order valence-electron chi connectivity index (χ4n) is 1.70. The van der Waals surface area contributed by atoms with Crippen LogP contribution in [0.15, 0.2) is 18.2 Å². The van der Waals surface area contributed by atoms with Gasteiger partial charge in [0.15, 0.2) is 0 Å². The maximum atomic E-state index is 5.85. The normalized spacial score (nSPS) is 10.9. The maximum Gasteiger partial charge on any atom is 0.122 e. The number of rotatable bonds is 7. The van der Waals surface area contributed by atoms with Crippen molar-refractivity contribution in [1.29, 1.82) is 0 Å². The minimum atomic E-state index is 0.558. The second-order valence-corrected chi connectivity index (χ2v) is 5.26. The molecule has 0 unspecified atom stereocenters. The third-order valence-electron chi connectivity index (χ3n) is 2.94. The molecule has 96 valence electrons.